The fraction of sp³-hybridized carbons (Fsp3) is 0.562. The molecule has 0 radical (unpaired) electrons. The highest BCUT2D eigenvalue weighted by Gasteiger charge is 2.33. The molecule has 0 aliphatic carbocycles. The van der Waals surface area contributed by atoms with Gasteiger partial charge in [-0.25, -0.2) is 0 Å². The van der Waals surface area contributed by atoms with Gasteiger partial charge < -0.3 is 15.4 Å². The molecule has 21 heavy (non-hydrogen) atoms. The Bertz CT molecular complexity index is 528. The molecule has 0 bridgehead atoms. The van der Waals surface area contributed by atoms with Crippen LogP contribution in [0.3, 0.4) is 0 Å². The van der Waals surface area contributed by atoms with Gasteiger partial charge in [0.05, 0.1) is 6.61 Å². The van der Waals surface area contributed by atoms with Crippen molar-refractivity contribution in [2.24, 2.45) is 0 Å². The Balaban J connectivity index is 2.20. The largest absolute Gasteiger partial charge is 0.494 e. The third-order valence-corrected chi connectivity index (χ3v) is 4.09. The van der Waals surface area contributed by atoms with Gasteiger partial charge in [-0.3, -0.25) is 9.69 Å². The SMILES string of the molecule is CCOc1cc(N)cc(C(=O)N2CCN(C)C(C)(C)C2)c1. The number of hydrogen-bond donors (Lipinski definition) is 1. The summed E-state index contributed by atoms with van der Waals surface area (Å²) in [6, 6.07) is 5.23. The lowest BCUT2D eigenvalue weighted by atomic mass is 9.99. The predicted molar refractivity (Wildman–Crippen MR) is 84.6 cm³/mol. The van der Waals surface area contributed by atoms with Crippen molar-refractivity contribution in [2.75, 3.05) is 39.0 Å². The van der Waals surface area contributed by atoms with Crippen LogP contribution in [0.1, 0.15) is 31.1 Å². The molecule has 2 rings (SSSR count). The van der Waals surface area contributed by atoms with E-state index in [2.05, 4.69) is 25.8 Å². The molecule has 0 saturated carbocycles. The van der Waals surface area contributed by atoms with Crippen LogP contribution in [0.2, 0.25) is 0 Å². The van der Waals surface area contributed by atoms with Gasteiger partial charge in [-0.1, -0.05) is 0 Å². The van der Waals surface area contributed by atoms with E-state index in [1.807, 2.05) is 11.8 Å². The maximum Gasteiger partial charge on any atom is 0.254 e. The van der Waals surface area contributed by atoms with Crippen LogP contribution in [-0.2, 0) is 0 Å². The molecule has 1 amide bonds. The van der Waals surface area contributed by atoms with E-state index < -0.39 is 0 Å². The lowest BCUT2D eigenvalue weighted by Crippen LogP contribution is -2.58. The van der Waals surface area contributed by atoms with Gasteiger partial charge in [0.2, 0.25) is 0 Å². The Morgan fingerprint density at radius 3 is 2.67 bits per heavy atom. The molecule has 2 N–H and O–H groups in total. The zero-order chi connectivity index (χ0) is 15.6. The lowest BCUT2D eigenvalue weighted by Gasteiger charge is -2.45. The Labute approximate surface area is 126 Å². The molecule has 5 heteroatoms. The first-order valence-electron chi connectivity index (χ1n) is 7.37. The Kier molecular flexibility index (Phi) is 4.42. The minimum Gasteiger partial charge on any atom is -0.494 e. The van der Waals surface area contributed by atoms with Crippen LogP contribution in [0, 0.1) is 0 Å². The Morgan fingerprint density at radius 2 is 2.05 bits per heavy atom. The molecule has 1 heterocycles. The van der Waals surface area contributed by atoms with Crippen molar-refractivity contribution in [3.8, 4) is 5.75 Å². The highest BCUT2D eigenvalue weighted by molar-refractivity contribution is 5.95. The summed E-state index contributed by atoms with van der Waals surface area (Å²) in [6.45, 7) is 9.08. The Hall–Kier alpha value is -1.75. The van der Waals surface area contributed by atoms with Crippen molar-refractivity contribution in [1.82, 2.24) is 9.80 Å². The van der Waals surface area contributed by atoms with Crippen LogP contribution in [0.15, 0.2) is 18.2 Å². The summed E-state index contributed by atoms with van der Waals surface area (Å²) in [5, 5.41) is 0. The maximum absolute atomic E-state index is 12.7. The van der Waals surface area contributed by atoms with Gasteiger partial charge in [0.1, 0.15) is 5.75 Å². The summed E-state index contributed by atoms with van der Waals surface area (Å²) < 4.78 is 5.46. The average molecular weight is 291 g/mol. The van der Waals surface area contributed by atoms with E-state index >= 15 is 0 Å². The van der Waals surface area contributed by atoms with E-state index in [-0.39, 0.29) is 11.4 Å². The van der Waals surface area contributed by atoms with Crippen molar-refractivity contribution in [3.05, 3.63) is 23.8 Å². The second-order valence-corrected chi connectivity index (χ2v) is 6.18. The van der Waals surface area contributed by atoms with Crippen molar-refractivity contribution < 1.29 is 9.53 Å². The molecule has 0 unspecified atom stereocenters. The summed E-state index contributed by atoms with van der Waals surface area (Å²) in [4.78, 5) is 16.9. The monoisotopic (exact) mass is 291 g/mol. The number of carbonyl (C=O) groups excluding carboxylic acids is 1. The van der Waals surface area contributed by atoms with E-state index in [9.17, 15) is 4.79 Å². The second kappa shape index (κ2) is 5.93. The van der Waals surface area contributed by atoms with Crippen molar-refractivity contribution in [2.45, 2.75) is 26.3 Å². The van der Waals surface area contributed by atoms with E-state index in [1.165, 1.54) is 0 Å². The number of anilines is 1. The van der Waals surface area contributed by atoms with E-state index in [1.54, 1.807) is 18.2 Å². The number of carbonyl (C=O) groups is 1. The smallest absolute Gasteiger partial charge is 0.254 e. The normalized spacial score (nSPS) is 18.6. The van der Waals surface area contributed by atoms with Crippen LogP contribution in [0.4, 0.5) is 5.69 Å². The van der Waals surface area contributed by atoms with Crippen molar-refractivity contribution >= 4 is 11.6 Å². The standard InChI is InChI=1S/C16H25N3O2/c1-5-21-14-9-12(8-13(17)10-14)15(20)19-7-6-18(4)16(2,3)11-19/h8-10H,5-7,11,17H2,1-4H3. The summed E-state index contributed by atoms with van der Waals surface area (Å²) >= 11 is 0. The third-order valence-electron chi connectivity index (χ3n) is 4.09. The summed E-state index contributed by atoms with van der Waals surface area (Å²) in [5.41, 5.74) is 7.01. The van der Waals surface area contributed by atoms with Gasteiger partial charge in [-0.2, -0.15) is 0 Å². The minimum absolute atomic E-state index is 0.0169. The number of piperazine rings is 1. The summed E-state index contributed by atoms with van der Waals surface area (Å²) in [5.74, 6) is 0.665. The maximum atomic E-state index is 12.7. The summed E-state index contributed by atoms with van der Waals surface area (Å²) in [6.07, 6.45) is 0. The number of hydrogen-bond acceptors (Lipinski definition) is 4. The van der Waals surface area contributed by atoms with Gasteiger partial charge in [0, 0.05) is 42.5 Å². The molecule has 0 atom stereocenters. The number of nitrogen functional groups attached to an aromatic ring is 1. The fourth-order valence-electron chi connectivity index (χ4n) is 2.59. The lowest BCUT2D eigenvalue weighted by molar-refractivity contribution is 0.0311. The number of nitrogens with zero attached hydrogens (tertiary/aromatic N) is 2. The first-order chi connectivity index (χ1) is 9.83. The van der Waals surface area contributed by atoms with Gasteiger partial charge >= 0.3 is 0 Å². The van der Waals surface area contributed by atoms with Crippen molar-refractivity contribution in [1.29, 1.82) is 0 Å². The van der Waals surface area contributed by atoms with E-state index in [0.717, 1.165) is 13.1 Å². The van der Waals surface area contributed by atoms with E-state index in [0.29, 0.717) is 30.2 Å². The first-order valence-corrected chi connectivity index (χ1v) is 7.37. The second-order valence-electron chi connectivity index (χ2n) is 6.18. The van der Waals surface area contributed by atoms with Crippen LogP contribution < -0.4 is 10.5 Å². The molecule has 1 aliphatic rings. The van der Waals surface area contributed by atoms with Gasteiger partial charge in [0.25, 0.3) is 5.91 Å². The molecule has 1 aliphatic heterocycles. The fourth-order valence-corrected chi connectivity index (χ4v) is 2.59. The predicted octanol–water partition coefficient (Wildman–Crippen LogP) is 1.83. The number of nitrogens with two attached hydrogens (primary N) is 1. The zero-order valence-electron chi connectivity index (χ0n) is 13.3. The third kappa shape index (κ3) is 3.47. The molecule has 1 saturated heterocycles. The van der Waals surface area contributed by atoms with Gasteiger partial charge in [-0.05, 0) is 40.0 Å². The number of rotatable bonds is 3. The number of benzene rings is 1. The van der Waals surface area contributed by atoms with Crippen molar-refractivity contribution in [3.63, 3.8) is 0 Å². The molecule has 5 nitrogen and oxygen atoms in total. The highest BCUT2D eigenvalue weighted by Crippen LogP contribution is 2.24. The van der Waals surface area contributed by atoms with Gasteiger partial charge in [-0.15, -0.1) is 0 Å². The molecule has 0 spiro atoms. The molecular formula is C16H25N3O2. The van der Waals surface area contributed by atoms with Gasteiger partial charge in [0.15, 0.2) is 0 Å². The number of likely N-dealkylation sites (N-methyl/N-ethyl adjacent to an activating group) is 1. The van der Waals surface area contributed by atoms with Crippen LogP contribution >= 0.6 is 0 Å². The first kappa shape index (κ1) is 15.6. The molecule has 0 aromatic heterocycles. The van der Waals surface area contributed by atoms with E-state index in [4.69, 9.17) is 10.5 Å². The van der Waals surface area contributed by atoms with Crippen LogP contribution in [0.5, 0.6) is 5.75 Å². The topological polar surface area (TPSA) is 58.8 Å². The molecule has 1 aromatic carbocycles. The highest BCUT2D eigenvalue weighted by atomic mass is 16.5. The van der Waals surface area contributed by atoms with Crippen LogP contribution in [-0.4, -0.2) is 54.5 Å². The molecule has 116 valence electrons. The molecular weight excluding hydrogens is 266 g/mol. The number of ether oxygens (including phenoxy) is 1. The molecule has 1 fully saturated rings. The average Bonchev–Trinajstić information content (AvgIpc) is 2.40. The molecule has 1 aromatic rings. The number of amides is 1. The quantitative estimate of drug-likeness (QED) is 0.863. The minimum atomic E-state index is -0.0169. The zero-order valence-corrected chi connectivity index (χ0v) is 13.3. The van der Waals surface area contributed by atoms with Crippen LogP contribution in [0.25, 0.3) is 0 Å². The summed E-state index contributed by atoms with van der Waals surface area (Å²) in [7, 11) is 2.09. The Morgan fingerprint density at radius 1 is 1.33 bits per heavy atom.